The summed E-state index contributed by atoms with van der Waals surface area (Å²) in [6, 6.07) is -1.23. The van der Waals surface area contributed by atoms with Crippen LogP contribution >= 0.6 is 0 Å². The van der Waals surface area contributed by atoms with E-state index < -0.39 is 18.1 Å². The molecule has 0 saturated carbocycles. The third-order valence-corrected chi connectivity index (χ3v) is 4.26. The second kappa shape index (κ2) is 5.91. The number of nitrogens with zero attached hydrogens (tertiary/aromatic N) is 2. The van der Waals surface area contributed by atoms with Crippen molar-refractivity contribution in [3.63, 3.8) is 0 Å². The summed E-state index contributed by atoms with van der Waals surface area (Å²) >= 11 is 0. The number of piperidine rings is 1. The molecule has 2 aliphatic rings. The quantitative estimate of drug-likeness (QED) is 0.768. The molecule has 2 heterocycles. The maximum Gasteiger partial charge on any atom is 0.320 e. The van der Waals surface area contributed by atoms with E-state index in [1.54, 1.807) is 4.90 Å². The average Bonchev–Trinajstić information content (AvgIpc) is 2.67. The second-order valence-corrected chi connectivity index (χ2v) is 5.82. The van der Waals surface area contributed by atoms with Crippen LogP contribution in [0.15, 0.2) is 0 Å². The highest BCUT2D eigenvalue weighted by atomic mass is 16.4. The number of imide groups is 1. The predicted molar refractivity (Wildman–Crippen MR) is 71.9 cm³/mol. The summed E-state index contributed by atoms with van der Waals surface area (Å²) in [6.07, 6.45) is 2.26. The van der Waals surface area contributed by atoms with Crippen LogP contribution in [0.1, 0.15) is 39.5 Å². The number of rotatable bonds is 4. The Morgan fingerprint density at radius 3 is 2.70 bits per heavy atom. The highest BCUT2D eigenvalue weighted by Crippen LogP contribution is 2.29. The van der Waals surface area contributed by atoms with Gasteiger partial charge in [0.15, 0.2) is 0 Å². The number of hydrogen-bond donors (Lipinski definition) is 1. The molecular weight excluding hydrogens is 260 g/mol. The summed E-state index contributed by atoms with van der Waals surface area (Å²) < 4.78 is 0. The van der Waals surface area contributed by atoms with Gasteiger partial charge in [-0.25, -0.2) is 0 Å². The molecule has 0 spiro atoms. The second-order valence-electron chi connectivity index (χ2n) is 5.82. The summed E-state index contributed by atoms with van der Waals surface area (Å²) in [5.41, 5.74) is 0. The molecule has 2 amide bonds. The fraction of sp³-hybridized carbons (Fsp3) is 0.786. The van der Waals surface area contributed by atoms with Crippen molar-refractivity contribution in [3.05, 3.63) is 0 Å². The zero-order chi connectivity index (χ0) is 14.9. The molecule has 3 unspecified atom stereocenters. The van der Waals surface area contributed by atoms with Gasteiger partial charge in [0, 0.05) is 13.1 Å². The minimum Gasteiger partial charge on any atom is -0.480 e. The Labute approximate surface area is 118 Å². The molecule has 112 valence electrons. The summed E-state index contributed by atoms with van der Waals surface area (Å²) in [4.78, 5) is 38.6. The SMILES string of the molecule is CCCN1C(=O)CC(N2CCC(C)CC2C(=O)O)C1=O. The fourth-order valence-corrected chi connectivity index (χ4v) is 3.16. The van der Waals surface area contributed by atoms with Crippen LogP contribution < -0.4 is 0 Å². The topological polar surface area (TPSA) is 77.9 Å². The van der Waals surface area contributed by atoms with Crippen molar-refractivity contribution in [2.75, 3.05) is 13.1 Å². The van der Waals surface area contributed by atoms with E-state index in [0.717, 1.165) is 12.8 Å². The van der Waals surface area contributed by atoms with Gasteiger partial charge in [0.1, 0.15) is 6.04 Å². The number of carbonyl (C=O) groups is 3. The van der Waals surface area contributed by atoms with E-state index in [1.165, 1.54) is 4.90 Å². The maximum atomic E-state index is 12.3. The lowest BCUT2D eigenvalue weighted by Gasteiger charge is -2.38. The van der Waals surface area contributed by atoms with Gasteiger partial charge >= 0.3 is 5.97 Å². The molecule has 0 radical (unpaired) electrons. The van der Waals surface area contributed by atoms with Crippen LogP contribution in [-0.4, -0.2) is 57.9 Å². The predicted octanol–water partition coefficient (Wildman–Crippen LogP) is 0.709. The zero-order valence-corrected chi connectivity index (χ0v) is 12.0. The lowest BCUT2D eigenvalue weighted by molar-refractivity contribution is -0.148. The molecule has 0 aromatic heterocycles. The van der Waals surface area contributed by atoms with Crippen molar-refractivity contribution in [1.82, 2.24) is 9.80 Å². The molecule has 0 bridgehead atoms. The maximum absolute atomic E-state index is 12.3. The Morgan fingerprint density at radius 2 is 2.10 bits per heavy atom. The molecule has 6 heteroatoms. The van der Waals surface area contributed by atoms with Gasteiger partial charge in [0.25, 0.3) is 0 Å². The zero-order valence-electron chi connectivity index (χ0n) is 12.0. The van der Waals surface area contributed by atoms with Gasteiger partial charge in [-0.1, -0.05) is 13.8 Å². The van der Waals surface area contributed by atoms with Crippen molar-refractivity contribution < 1.29 is 19.5 Å². The number of aliphatic carboxylic acids is 1. The number of hydrogen-bond acceptors (Lipinski definition) is 4. The smallest absolute Gasteiger partial charge is 0.320 e. The Kier molecular flexibility index (Phi) is 4.42. The first-order chi connectivity index (χ1) is 9.45. The van der Waals surface area contributed by atoms with E-state index in [2.05, 4.69) is 0 Å². The molecule has 1 N–H and O–H groups in total. The van der Waals surface area contributed by atoms with Crippen molar-refractivity contribution in [3.8, 4) is 0 Å². The van der Waals surface area contributed by atoms with E-state index in [-0.39, 0.29) is 18.2 Å². The standard InChI is InChI=1S/C14H22N2O4/c1-3-5-16-12(17)8-10(13(16)18)15-6-4-9(2)7-11(15)14(19)20/h9-11H,3-8H2,1-2H3,(H,19,20). The van der Waals surface area contributed by atoms with Gasteiger partial charge in [-0.15, -0.1) is 0 Å². The number of carboxylic acids is 1. The Bertz CT molecular complexity index is 423. The monoisotopic (exact) mass is 282 g/mol. The lowest BCUT2D eigenvalue weighted by Crippen LogP contribution is -2.54. The van der Waals surface area contributed by atoms with Crippen molar-refractivity contribution in [1.29, 1.82) is 0 Å². The molecule has 0 aromatic carbocycles. The molecule has 2 saturated heterocycles. The first kappa shape index (κ1) is 15.0. The van der Waals surface area contributed by atoms with Crippen LogP contribution in [0.3, 0.4) is 0 Å². The molecule has 0 aliphatic carbocycles. The Morgan fingerprint density at radius 1 is 1.40 bits per heavy atom. The molecule has 0 aromatic rings. The van der Waals surface area contributed by atoms with Gasteiger partial charge in [0.2, 0.25) is 11.8 Å². The van der Waals surface area contributed by atoms with E-state index in [4.69, 9.17) is 0 Å². The molecule has 2 aliphatic heterocycles. The van der Waals surface area contributed by atoms with Crippen LogP contribution in [0.4, 0.5) is 0 Å². The van der Waals surface area contributed by atoms with Gasteiger partial charge < -0.3 is 5.11 Å². The molecule has 6 nitrogen and oxygen atoms in total. The van der Waals surface area contributed by atoms with E-state index in [9.17, 15) is 19.5 Å². The van der Waals surface area contributed by atoms with Gasteiger partial charge in [-0.05, 0) is 25.2 Å². The van der Waals surface area contributed by atoms with E-state index in [0.29, 0.717) is 25.4 Å². The number of amides is 2. The Balaban J connectivity index is 2.16. The highest BCUT2D eigenvalue weighted by Gasteiger charge is 2.46. The van der Waals surface area contributed by atoms with E-state index in [1.807, 2.05) is 13.8 Å². The van der Waals surface area contributed by atoms with Gasteiger partial charge in [0.05, 0.1) is 12.5 Å². The van der Waals surface area contributed by atoms with Gasteiger partial charge in [-0.3, -0.25) is 24.2 Å². The van der Waals surface area contributed by atoms with E-state index >= 15 is 0 Å². The highest BCUT2D eigenvalue weighted by molar-refractivity contribution is 6.05. The van der Waals surface area contributed by atoms with Crippen LogP contribution in [0.25, 0.3) is 0 Å². The Hall–Kier alpha value is -1.43. The summed E-state index contributed by atoms with van der Waals surface area (Å²) in [7, 11) is 0. The largest absolute Gasteiger partial charge is 0.480 e. The lowest BCUT2D eigenvalue weighted by atomic mass is 9.91. The molecule has 3 atom stereocenters. The third-order valence-electron chi connectivity index (χ3n) is 4.26. The molecule has 2 rings (SSSR count). The fourth-order valence-electron chi connectivity index (χ4n) is 3.16. The van der Waals surface area contributed by atoms with Crippen LogP contribution in [0.5, 0.6) is 0 Å². The number of likely N-dealkylation sites (tertiary alicyclic amines) is 2. The molecular formula is C14H22N2O4. The number of carbonyl (C=O) groups excluding carboxylic acids is 2. The number of carboxylic acid groups (broad SMARTS) is 1. The van der Waals surface area contributed by atoms with Gasteiger partial charge in [-0.2, -0.15) is 0 Å². The minimum absolute atomic E-state index is 0.122. The first-order valence-electron chi connectivity index (χ1n) is 7.28. The van der Waals surface area contributed by atoms with Crippen LogP contribution in [0, 0.1) is 5.92 Å². The van der Waals surface area contributed by atoms with Crippen molar-refractivity contribution in [2.45, 2.75) is 51.6 Å². The van der Waals surface area contributed by atoms with Crippen molar-refractivity contribution >= 4 is 17.8 Å². The van der Waals surface area contributed by atoms with Crippen LogP contribution in [0.2, 0.25) is 0 Å². The summed E-state index contributed by atoms with van der Waals surface area (Å²) in [5.74, 6) is -0.959. The molecule has 2 fully saturated rings. The summed E-state index contributed by atoms with van der Waals surface area (Å²) in [5, 5.41) is 9.36. The molecule has 20 heavy (non-hydrogen) atoms. The first-order valence-corrected chi connectivity index (χ1v) is 7.28. The minimum atomic E-state index is -0.897. The normalized spacial score (nSPS) is 31.9. The third kappa shape index (κ3) is 2.70. The van der Waals surface area contributed by atoms with Crippen molar-refractivity contribution in [2.24, 2.45) is 5.92 Å². The summed E-state index contributed by atoms with van der Waals surface area (Å²) in [6.45, 7) is 4.94. The van der Waals surface area contributed by atoms with Crippen LogP contribution in [-0.2, 0) is 14.4 Å². The average molecular weight is 282 g/mol.